The van der Waals surface area contributed by atoms with Crippen molar-refractivity contribution in [1.82, 2.24) is 4.90 Å². The number of carboxylic acid groups (broad SMARTS) is 1. The van der Waals surface area contributed by atoms with Gasteiger partial charge in [0.05, 0.1) is 6.10 Å². The normalized spacial score (nSPS) is 37.8. The van der Waals surface area contributed by atoms with Gasteiger partial charge < -0.3 is 15.1 Å². The number of hydrogen-bond donors (Lipinski definition) is 2. The molecule has 2 rings (SSSR count). The monoisotopic (exact) mass is 199 g/mol. The van der Waals surface area contributed by atoms with Crippen LogP contribution in [0.15, 0.2) is 0 Å². The van der Waals surface area contributed by atoms with E-state index in [0.29, 0.717) is 13.1 Å². The topological polar surface area (TPSA) is 60.8 Å². The Balaban J connectivity index is 2.09. The first-order chi connectivity index (χ1) is 6.64. The standard InChI is InChI=1S/C10H17NO3/c12-8-3-1-4-10(8)5-2-6-11(7-10)9(13)14/h8,12H,1-7H2,(H,13,14). The van der Waals surface area contributed by atoms with Gasteiger partial charge in [-0.15, -0.1) is 0 Å². The van der Waals surface area contributed by atoms with E-state index in [1.165, 1.54) is 4.90 Å². The number of rotatable bonds is 0. The van der Waals surface area contributed by atoms with Crippen LogP contribution in [0.5, 0.6) is 0 Å². The lowest BCUT2D eigenvalue weighted by atomic mass is 9.77. The quantitative estimate of drug-likeness (QED) is 0.618. The molecular formula is C10H17NO3. The average molecular weight is 199 g/mol. The molecule has 2 atom stereocenters. The maximum absolute atomic E-state index is 10.8. The Hall–Kier alpha value is -0.770. The number of likely N-dealkylation sites (tertiary alicyclic amines) is 1. The van der Waals surface area contributed by atoms with E-state index in [0.717, 1.165) is 32.1 Å². The zero-order valence-electron chi connectivity index (χ0n) is 8.28. The number of carbonyl (C=O) groups is 1. The molecule has 80 valence electrons. The van der Waals surface area contributed by atoms with Gasteiger partial charge >= 0.3 is 6.09 Å². The number of nitrogens with zero attached hydrogens (tertiary/aromatic N) is 1. The molecule has 4 nitrogen and oxygen atoms in total. The van der Waals surface area contributed by atoms with Gasteiger partial charge in [0, 0.05) is 18.5 Å². The summed E-state index contributed by atoms with van der Waals surface area (Å²) in [5.41, 5.74) is -0.114. The molecule has 1 aliphatic heterocycles. The summed E-state index contributed by atoms with van der Waals surface area (Å²) in [5, 5.41) is 18.8. The molecule has 1 spiro atoms. The van der Waals surface area contributed by atoms with E-state index >= 15 is 0 Å². The fourth-order valence-electron chi connectivity index (χ4n) is 2.92. The van der Waals surface area contributed by atoms with E-state index in [1.54, 1.807) is 0 Å². The Morgan fingerprint density at radius 2 is 2.07 bits per heavy atom. The third kappa shape index (κ3) is 1.47. The summed E-state index contributed by atoms with van der Waals surface area (Å²) in [6.45, 7) is 1.16. The Morgan fingerprint density at radius 1 is 1.36 bits per heavy atom. The fraction of sp³-hybridized carbons (Fsp3) is 0.900. The van der Waals surface area contributed by atoms with E-state index in [9.17, 15) is 9.90 Å². The van der Waals surface area contributed by atoms with Gasteiger partial charge in [-0.05, 0) is 25.7 Å². The van der Waals surface area contributed by atoms with Crippen LogP contribution in [-0.2, 0) is 0 Å². The van der Waals surface area contributed by atoms with Crippen molar-refractivity contribution in [2.45, 2.75) is 38.2 Å². The molecule has 0 aromatic carbocycles. The second kappa shape index (κ2) is 3.42. The second-order valence-corrected chi connectivity index (χ2v) is 4.58. The van der Waals surface area contributed by atoms with E-state index < -0.39 is 6.09 Å². The summed E-state index contributed by atoms with van der Waals surface area (Å²) in [5.74, 6) is 0. The highest BCUT2D eigenvalue weighted by molar-refractivity contribution is 5.65. The first-order valence-electron chi connectivity index (χ1n) is 5.30. The van der Waals surface area contributed by atoms with Crippen LogP contribution in [0.2, 0.25) is 0 Å². The zero-order chi connectivity index (χ0) is 10.2. The molecule has 1 saturated heterocycles. The van der Waals surface area contributed by atoms with Gasteiger partial charge in [0.15, 0.2) is 0 Å². The summed E-state index contributed by atoms with van der Waals surface area (Å²) < 4.78 is 0. The minimum absolute atomic E-state index is 0.114. The van der Waals surface area contributed by atoms with Crippen molar-refractivity contribution in [1.29, 1.82) is 0 Å². The molecule has 1 heterocycles. The van der Waals surface area contributed by atoms with Crippen LogP contribution in [0, 0.1) is 5.41 Å². The Kier molecular flexibility index (Phi) is 2.39. The number of hydrogen-bond acceptors (Lipinski definition) is 2. The third-order valence-corrected chi connectivity index (χ3v) is 3.74. The van der Waals surface area contributed by atoms with Crippen molar-refractivity contribution in [3.63, 3.8) is 0 Å². The van der Waals surface area contributed by atoms with Gasteiger partial charge in [-0.25, -0.2) is 4.79 Å². The van der Waals surface area contributed by atoms with Gasteiger partial charge in [-0.1, -0.05) is 6.42 Å². The Morgan fingerprint density at radius 3 is 2.64 bits per heavy atom. The van der Waals surface area contributed by atoms with Crippen LogP contribution < -0.4 is 0 Å². The maximum Gasteiger partial charge on any atom is 0.407 e. The first kappa shape index (κ1) is 9.77. The molecule has 0 aromatic heterocycles. The van der Waals surface area contributed by atoms with E-state index in [4.69, 9.17) is 5.11 Å². The van der Waals surface area contributed by atoms with Gasteiger partial charge in [-0.3, -0.25) is 0 Å². The fourth-order valence-corrected chi connectivity index (χ4v) is 2.92. The van der Waals surface area contributed by atoms with Crippen molar-refractivity contribution >= 4 is 6.09 Å². The summed E-state index contributed by atoms with van der Waals surface area (Å²) in [4.78, 5) is 12.3. The van der Waals surface area contributed by atoms with Crippen LogP contribution >= 0.6 is 0 Å². The first-order valence-corrected chi connectivity index (χ1v) is 5.30. The van der Waals surface area contributed by atoms with Gasteiger partial charge in [0.2, 0.25) is 0 Å². The molecule has 1 amide bonds. The lowest BCUT2D eigenvalue weighted by Crippen LogP contribution is -2.48. The minimum Gasteiger partial charge on any atom is -0.465 e. The van der Waals surface area contributed by atoms with Crippen LogP contribution in [0.25, 0.3) is 0 Å². The van der Waals surface area contributed by atoms with E-state index in [2.05, 4.69) is 0 Å². The predicted octanol–water partition coefficient (Wildman–Crippen LogP) is 1.29. The average Bonchev–Trinajstić information content (AvgIpc) is 2.48. The smallest absolute Gasteiger partial charge is 0.407 e. The van der Waals surface area contributed by atoms with Crippen molar-refractivity contribution in [3.8, 4) is 0 Å². The molecule has 1 aliphatic carbocycles. The Bertz CT molecular complexity index is 244. The largest absolute Gasteiger partial charge is 0.465 e. The third-order valence-electron chi connectivity index (χ3n) is 3.74. The highest BCUT2D eigenvalue weighted by Gasteiger charge is 2.45. The van der Waals surface area contributed by atoms with Crippen LogP contribution in [-0.4, -0.2) is 40.4 Å². The zero-order valence-corrected chi connectivity index (χ0v) is 8.28. The number of amides is 1. The summed E-state index contributed by atoms with van der Waals surface area (Å²) in [6, 6.07) is 0. The molecule has 2 fully saturated rings. The summed E-state index contributed by atoms with van der Waals surface area (Å²) >= 11 is 0. The van der Waals surface area contributed by atoms with Gasteiger partial charge in [0.1, 0.15) is 0 Å². The van der Waals surface area contributed by atoms with Crippen molar-refractivity contribution in [3.05, 3.63) is 0 Å². The highest BCUT2D eigenvalue weighted by Crippen LogP contribution is 2.44. The van der Waals surface area contributed by atoms with Crippen molar-refractivity contribution < 1.29 is 15.0 Å². The lowest BCUT2D eigenvalue weighted by Gasteiger charge is -2.41. The SMILES string of the molecule is O=C(O)N1CCCC2(CCCC2O)C1. The molecule has 0 bridgehead atoms. The maximum atomic E-state index is 10.8. The predicted molar refractivity (Wildman–Crippen MR) is 51.1 cm³/mol. The van der Waals surface area contributed by atoms with Crippen LogP contribution in [0.3, 0.4) is 0 Å². The van der Waals surface area contributed by atoms with Crippen molar-refractivity contribution in [2.24, 2.45) is 5.41 Å². The number of aliphatic hydroxyl groups excluding tert-OH is 1. The van der Waals surface area contributed by atoms with Crippen LogP contribution in [0.1, 0.15) is 32.1 Å². The molecule has 1 saturated carbocycles. The lowest BCUT2D eigenvalue weighted by molar-refractivity contribution is -0.00453. The van der Waals surface area contributed by atoms with Crippen molar-refractivity contribution in [2.75, 3.05) is 13.1 Å². The van der Waals surface area contributed by atoms with E-state index in [1.807, 2.05) is 0 Å². The second-order valence-electron chi connectivity index (χ2n) is 4.58. The highest BCUT2D eigenvalue weighted by atomic mass is 16.4. The summed E-state index contributed by atoms with van der Waals surface area (Å²) in [7, 11) is 0. The minimum atomic E-state index is -0.844. The molecular weight excluding hydrogens is 182 g/mol. The molecule has 0 radical (unpaired) electrons. The van der Waals surface area contributed by atoms with E-state index in [-0.39, 0.29) is 11.5 Å². The van der Waals surface area contributed by atoms with Gasteiger partial charge in [-0.2, -0.15) is 0 Å². The molecule has 14 heavy (non-hydrogen) atoms. The Labute approximate surface area is 83.5 Å². The molecule has 2 unspecified atom stereocenters. The molecule has 2 N–H and O–H groups in total. The summed E-state index contributed by atoms with van der Waals surface area (Å²) in [6.07, 6.45) is 3.61. The van der Waals surface area contributed by atoms with Gasteiger partial charge in [0.25, 0.3) is 0 Å². The van der Waals surface area contributed by atoms with Crippen LogP contribution in [0.4, 0.5) is 4.79 Å². The number of aliphatic hydroxyl groups is 1. The molecule has 2 aliphatic rings. The number of piperidine rings is 1. The molecule has 0 aromatic rings. The molecule has 4 heteroatoms.